The van der Waals surface area contributed by atoms with Gasteiger partial charge >= 0.3 is 0 Å². The van der Waals surface area contributed by atoms with Gasteiger partial charge in [-0.05, 0) is 25.5 Å². The van der Waals surface area contributed by atoms with Crippen molar-refractivity contribution in [2.45, 2.75) is 44.4 Å². The number of nitrogens with zero attached hydrogens (tertiary/aromatic N) is 2. The fourth-order valence-electron chi connectivity index (χ4n) is 3.06. The highest BCUT2D eigenvalue weighted by atomic mass is 16.6. The quantitative estimate of drug-likeness (QED) is 0.764. The molecular formula is C15H20N2O. The van der Waals surface area contributed by atoms with Crippen LogP contribution in [0.25, 0.3) is 0 Å². The molecule has 2 atom stereocenters. The van der Waals surface area contributed by atoms with Crippen LogP contribution in [0.15, 0.2) is 35.5 Å². The molecule has 0 radical (unpaired) electrons. The zero-order valence-electron chi connectivity index (χ0n) is 10.9. The van der Waals surface area contributed by atoms with Gasteiger partial charge in [-0.1, -0.05) is 35.5 Å². The predicted molar refractivity (Wildman–Crippen MR) is 72.5 cm³/mol. The fourth-order valence-corrected chi connectivity index (χ4v) is 3.06. The van der Waals surface area contributed by atoms with Gasteiger partial charge in [0.15, 0.2) is 0 Å². The summed E-state index contributed by atoms with van der Waals surface area (Å²) in [6.07, 6.45) is 4.81. The van der Waals surface area contributed by atoms with E-state index < -0.39 is 0 Å². The molecule has 2 aliphatic rings. The van der Waals surface area contributed by atoms with Gasteiger partial charge in [-0.25, -0.2) is 0 Å². The van der Waals surface area contributed by atoms with Crippen LogP contribution < -0.4 is 0 Å². The zero-order chi connectivity index (χ0) is 12.4. The molecule has 0 saturated carbocycles. The zero-order valence-corrected chi connectivity index (χ0v) is 10.9. The van der Waals surface area contributed by atoms with Crippen LogP contribution in [0.5, 0.6) is 0 Å². The molecule has 18 heavy (non-hydrogen) atoms. The molecule has 3 rings (SSSR count). The molecule has 3 nitrogen and oxygen atoms in total. The van der Waals surface area contributed by atoms with Crippen molar-refractivity contribution in [1.82, 2.24) is 4.90 Å². The van der Waals surface area contributed by atoms with Crippen molar-refractivity contribution in [2.75, 3.05) is 7.05 Å². The third kappa shape index (κ3) is 2.41. The van der Waals surface area contributed by atoms with Gasteiger partial charge in [0.05, 0.1) is 5.71 Å². The highest BCUT2D eigenvalue weighted by Crippen LogP contribution is 2.32. The number of hydrogen-bond acceptors (Lipinski definition) is 3. The molecule has 2 heterocycles. The lowest BCUT2D eigenvalue weighted by molar-refractivity contribution is 0.125. The van der Waals surface area contributed by atoms with Gasteiger partial charge in [-0.15, -0.1) is 0 Å². The summed E-state index contributed by atoms with van der Waals surface area (Å²) in [5, 5.41) is 4.34. The topological polar surface area (TPSA) is 24.8 Å². The van der Waals surface area contributed by atoms with Crippen LogP contribution in [0.4, 0.5) is 0 Å². The number of piperidine rings is 1. The minimum Gasteiger partial charge on any atom is -0.391 e. The van der Waals surface area contributed by atoms with E-state index in [-0.39, 0.29) is 0 Å². The lowest BCUT2D eigenvalue weighted by atomic mass is 10.0. The molecule has 96 valence electrons. The van der Waals surface area contributed by atoms with Gasteiger partial charge in [0.25, 0.3) is 0 Å². The Balaban J connectivity index is 1.55. The summed E-state index contributed by atoms with van der Waals surface area (Å²) in [7, 11) is 2.24. The number of fused-ring (bicyclic) bond motifs is 2. The Morgan fingerprint density at radius 1 is 1.17 bits per heavy atom. The van der Waals surface area contributed by atoms with Crippen molar-refractivity contribution >= 4 is 5.71 Å². The molecule has 0 amide bonds. The number of hydrogen-bond donors (Lipinski definition) is 0. The Morgan fingerprint density at radius 2 is 1.83 bits per heavy atom. The molecular weight excluding hydrogens is 224 g/mol. The maximum Gasteiger partial charge on any atom is 0.142 e. The molecule has 2 saturated heterocycles. The molecule has 3 heteroatoms. The summed E-state index contributed by atoms with van der Waals surface area (Å²) in [4.78, 5) is 8.00. The summed E-state index contributed by atoms with van der Waals surface area (Å²) in [6, 6.07) is 11.6. The van der Waals surface area contributed by atoms with Crippen LogP contribution in [0.1, 0.15) is 31.2 Å². The van der Waals surface area contributed by atoms with Crippen LogP contribution >= 0.6 is 0 Å². The SMILES string of the molecule is CN1C2CCC1CC(=NOCc1ccccc1)C2. The molecule has 2 fully saturated rings. The third-order valence-corrected chi connectivity index (χ3v) is 4.20. The monoisotopic (exact) mass is 244 g/mol. The van der Waals surface area contributed by atoms with E-state index in [0.29, 0.717) is 18.7 Å². The van der Waals surface area contributed by atoms with E-state index in [1.54, 1.807) is 0 Å². The van der Waals surface area contributed by atoms with E-state index in [2.05, 4.69) is 29.2 Å². The summed E-state index contributed by atoms with van der Waals surface area (Å²) in [6.45, 7) is 0.579. The van der Waals surface area contributed by atoms with Crippen molar-refractivity contribution in [1.29, 1.82) is 0 Å². The van der Waals surface area contributed by atoms with E-state index in [1.165, 1.54) is 24.1 Å². The van der Waals surface area contributed by atoms with Gasteiger partial charge < -0.3 is 4.84 Å². The van der Waals surface area contributed by atoms with Crippen molar-refractivity contribution in [3.05, 3.63) is 35.9 Å². The number of benzene rings is 1. The minimum atomic E-state index is 0.579. The van der Waals surface area contributed by atoms with E-state index >= 15 is 0 Å². The van der Waals surface area contributed by atoms with Gasteiger partial charge in [-0.2, -0.15) is 0 Å². The first-order chi connectivity index (χ1) is 8.83. The Morgan fingerprint density at radius 3 is 2.50 bits per heavy atom. The van der Waals surface area contributed by atoms with Crippen LogP contribution in [-0.2, 0) is 11.4 Å². The van der Waals surface area contributed by atoms with E-state index in [9.17, 15) is 0 Å². The van der Waals surface area contributed by atoms with Crippen molar-refractivity contribution in [2.24, 2.45) is 5.16 Å². The van der Waals surface area contributed by atoms with Crippen molar-refractivity contribution < 1.29 is 4.84 Å². The maximum absolute atomic E-state index is 5.49. The standard InChI is InChI=1S/C15H20N2O/c1-17-14-7-8-15(17)10-13(9-14)16-18-11-12-5-3-2-4-6-12/h2-6,14-15H,7-11H2,1H3. The lowest BCUT2D eigenvalue weighted by Gasteiger charge is -2.31. The molecule has 2 bridgehead atoms. The molecule has 2 unspecified atom stereocenters. The maximum atomic E-state index is 5.49. The van der Waals surface area contributed by atoms with Crippen LogP contribution in [-0.4, -0.2) is 29.7 Å². The van der Waals surface area contributed by atoms with E-state index in [1.807, 2.05) is 18.2 Å². The summed E-state index contributed by atoms with van der Waals surface area (Å²) in [5.74, 6) is 0. The van der Waals surface area contributed by atoms with Crippen molar-refractivity contribution in [3.63, 3.8) is 0 Å². The summed E-state index contributed by atoms with van der Waals surface area (Å²) in [5.41, 5.74) is 2.43. The number of oxime groups is 1. The van der Waals surface area contributed by atoms with Gasteiger partial charge in [0, 0.05) is 24.9 Å². The van der Waals surface area contributed by atoms with E-state index in [4.69, 9.17) is 4.84 Å². The van der Waals surface area contributed by atoms with Crippen LogP contribution in [0.3, 0.4) is 0 Å². The van der Waals surface area contributed by atoms with Gasteiger partial charge in [0.1, 0.15) is 6.61 Å². The van der Waals surface area contributed by atoms with Crippen LogP contribution in [0.2, 0.25) is 0 Å². The normalized spacial score (nSPS) is 27.3. The summed E-state index contributed by atoms with van der Waals surface area (Å²) >= 11 is 0. The third-order valence-electron chi connectivity index (χ3n) is 4.20. The first-order valence-electron chi connectivity index (χ1n) is 6.76. The second kappa shape index (κ2) is 5.11. The van der Waals surface area contributed by atoms with Gasteiger partial charge in [0.2, 0.25) is 0 Å². The Labute approximate surface area is 108 Å². The largest absolute Gasteiger partial charge is 0.391 e. The highest BCUT2D eigenvalue weighted by molar-refractivity contribution is 5.86. The first-order valence-corrected chi connectivity index (χ1v) is 6.76. The summed E-state index contributed by atoms with van der Waals surface area (Å²) < 4.78 is 0. The molecule has 0 aromatic heterocycles. The lowest BCUT2D eigenvalue weighted by Crippen LogP contribution is -2.40. The first kappa shape index (κ1) is 11.7. The van der Waals surface area contributed by atoms with Crippen molar-refractivity contribution in [3.8, 4) is 0 Å². The Kier molecular flexibility index (Phi) is 3.33. The second-order valence-electron chi connectivity index (χ2n) is 5.38. The molecule has 1 aromatic carbocycles. The molecule has 1 aromatic rings. The van der Waals surface area contributed by atoms with E-state index in [0.717, 1.165) is 12.8 Å². The average Bonchev–Trinajstić information content (AvgIpc) is 2.64. The smallest absolute Gasteiger partial charge is 0.142 e. The fraction of sp³-hybridized carbons (Fsp3) is 0.533. The minimum absolute atomic E-state index is 0.579. The second-order valence-corrected chi connectivity index (χ2v) is 5.38. The molecule has 0 aliphatic carbocycles. The molecule has 0 spiro atoms. The van der Waals surface area contributed by atoms with Crippen LogP contribution in [0, 0.1) is 0 Å². The average molecular weight is 244 g/mol. The molecule has 0 N–H and O–H groups in total. The highest BCUT2D eigenvalue weighted by Gasteiger charge is 2.36. The Bertz CT molecular complexity index is 413. The predicted octanol–water partition coefficient (Wildman–Crippen LogP) is 2.82. The Hall–Kier alpha value is -1.35. The molecule has 2 aliphatic heterocycles. The number of rotatable bonds is 3. The van der Waals surface area contributed by atoms with Gasteiger partial charge in [-0.3, -0.25) is 4.90 Å².